The van der Waals surface area contributed by atoms with Gasteiger partial charge in [0.05, 0.1) is 11.1 Å². The number of hydrogen-bond acceptors (Lipinski definition) is 1. The maximum Gasteiger partial charge on any atom is 0.232 e. The molecular weight excluding hydrogens is 258 g/mol. The van der Waals surface area contributed by atoms with E-state index in [0.717, 1.165) is 51.2 Å². The fourth-order valence-corrected chi connectivity index (χ4v) is 2.96. The Balaban J connectivity index is 2.30. The van der Waals surface area contributed by atoms with Crippen LogP contribution in [-0.4, -0.2) is 10.5 Å². The molecule has 0 radical (unpaired) electrons. The van der Waals surface area contributed by atoms with E-state index in [1.807, 2.05) is 49.4 Å². The minimum Gasteiger partial charge on any atom is -0.618 e. The van der Waals surface area contributed by atoms with Crippen molar-refractivity contribution in [2.45, 2.75) is 26.7 Å². The van der Waals surface area contributed by atoms with Crippen molar-refractivity contribution in [3.8, 4) is 11.1 Å². The van der Waals surface area contributed by atoms with Gasteiger partial charge < -0.3 is 5.21 Å². The summed E-state index contributed by atoms with van der Waals surface area (Å²) < 4.78 is 1.12. The Hall–Kier alpha value is -2.35. The third kappa shape index (κ3) is 2.17. The van der Waals surface area contributed by atoms with Gasteiger partial charge in [0.25, 0.3) is 0 Å². The van der Waals surface area contributed by atoms with Gasteiger partial charge in [-0.25, -0.2) is 0 Å². The molecule has 21 heavy (non-hydrogen) atoms. The molecule has 0 unspecified atom stereocenters. The zero-order valence-corrected chi connectivity index (χ0v) is 12.5. The third-order valence-corrected chi connectivity index (χ3v) is 3.92. The molecule has 106 valence electrons. The molecular formula is C19H19NO. The highest BCUT2D eigenvalue weighted by Crippen LogP contribution is 2.36. The molecule has 0 bridgehead atoms. The molecule has 0 aromatic heterocycles. The van der Waals surface area contributed by atoms with Crippen molar-refractivity contribution in [3.63, 3.8) is 0 Å². The van der Waals surface area contributed by atoms with Crippen molar-refractivity contribution in [1.29, 1.82) is 0 Å². The Morgan fingerprint density at radius 3 is 1.81 bits per heavy atom. The average Bonchev–Trinajstić information content (AvgIpc) is 2.86. The molecule has 2 aromatic carbocycles. The van der Waals surface area contributed by atoms with Crippen molar-refractivity contribution < 1.29 is 4.74 Å². The lowest BCUT2D eigenvalue weighted by Crippen LogP contribution is -2.16. The van der Waals surface area contributed by atoms with Crippen LogP contribution in [0.4, 0.5) is 0 Å². The third-order valence-electron chi connectivity index (χ3n) is 3.92. The Morgan fingerprint density at radius 1 is 0.905 bits per heavy atom. The monoisotopic (exact) mass is 277 g/mol. The largest absolute Gasteiger partial charge is 0.618 e. The number of nitrogens with zero attached hydrogens (tertiary/aromatic N) is 1. The van der Waals surface area contributed by atoms with Gasteiger partial charge in [0.2, 0.25) is 5.71 Å². The molecule has 0 aliphatic heterocycles. The molecule has 0 saturated heterocycles. The summed E-state index contributed by atoms with van der Waals surface area (Å²) in [5.41, 5.74) is 5.97. The molecule has 0 amide bonds. The van der Waals surface area contributed by atoms with Crippen molar-refractivity contribution >= 4 is 5.71 Å². The molecule has 2 heteroatoms. The molecule has 2 nitrogen and oxygen atoms in total. The summed E-state index contributed by atoms with van der Waals surface area (Å²) in [6.45, 7) is 4.09. The number of rotatable bonds is 3. The molecule has 0 saturated carbocycles. The lowest BCUT2D eigenvalue weighted by Gasteiger charge is -2.10. The Kier molecular flexibility index (Phi) is 3.61. The summed E-state index contributed by atoms with van der Waals surface area (Å²) in [4.78, 5) is 0. The number of fused-ring (bicyclic) bond motifs is 3. The Labute approximate surface area is 125 Å². The highest BCUT2D eigenvalue weighted by atomic mass is 16.5. The van der Waals surface area contributed by atoms with Crippen LogP contribution >= 0.6 is 0 Å². The van der Waals surface area contributed by atoms with Gasteiger partial charge in [0.1, 0.15) is 0 Å². The quantitative estimate of drug-likeness (QED) is 0.386. The standard InChI is InChI=1S/C19H19NO/c1-3-9-14(4-2)20(21)19-17-12-7-5-10-15(17)16-11-6-8-13-18(16)19/h5-13H,3-4H2,1-2H3/b14-9+. The van der Waals surface area contributed by atoms with E-state index in [4.69, 9.17) is 0 Å². The van der Waals surface area contributed by atoms with Gasteiger partial charge in [-0.05, 0) is 35.8 Å². The normalized spacial score (nSPS) is 13.0. The number of hydrogen-bond donors (Lipinski definition) is 0. The van der Waals surface area contributed by atoms with Crippen LogP contribution in [0.15, 0.2) is 60.3 Å². The molecule has 1 aliphatic rings. The predicted molar refractivity (Wildman–Crippen MR) is 87.4 cm³/mol. The van der Waals surface area contributed by atoms with Crippen LogP contribution < -0.4 is 0 Å². The fraction of sp³-hybridized carbons (Fsp3) is 0.211. The maximum absolute atomic E-state index is 12.9. The van der Waals surface area contributed by atoms with Crippen LogP contribution in [-0.2, 0) is 0 Å². The first-order valence-corrected chi connectivity index (χ1v) is 7.50. The van der Waals surface area contributed by atoms with E-state index >= 15 is 0 Å². The van der Waals surface area contributed by atoms with Gasteiger partial charge in [-0.2, -0.15) is 4.74 Å². The maximum atomic E-state index is 12.9. The second-order valence-electron chi connectivity index (χ2n) is 5.19. The molecule has 0 fully saturated rings. The molecule has 3 rings (SSSR count). The van der Waals surface area contributed by atoms with Crippen LogP contribution in [0, 0.1) is 5.21 Å². The van der Waals surface area contributed by atoms with Gasteiger partial charge in [-0.1, -0.05) is 50.2 Å². The Bertz CT molecular complexity index is 693. The fourth-order valence-electron chi connectivity index (χ4n) is 2.96. The number of allylic oxidation sites excluding steroid dienone is 2. The van der Waals surface area contributed by atoms with E-state index in [2.05, 4.69) is 19.1 Å². The lowest BCUT2D eigenvalue weighted by atomic mass is 10.1. The second-order valence-corrected chi connectivity index (χ2v) is 5.19. The zero-order chi connectivity index (χ0) is 14.8. The van der Waals surface area contributed by atoms with Gasteiger partial charge in [-0.3, -0.25) is 0 Å². The van der Waals surface area contributed by atoms with Crippen LogP contribution in [0.5, 0.6) is 0 Å². The van der Waals surface area contributed by atoms with E-state index < -0.39 is 0 Å². The van der Waals surface area contributed by atoms with Crippen LogP contribution in [0.2, 0.25) is 0 Å². The van der Waals surface area contributed by atoms with Crippen LogP contribution in [0.3, 0.4) is 0 Å². The first kappa shape index (κ1) is 13.6. The molecule has 1 aliphatic carbocycles. The molecule has 0 N–H and O–H groups in total. The van der Waals surface area contributed by atoms with E-state index in [-0.39, 0.29) is 0 Å². The average molecular weight is 277 g/mol. The zero-order valence-electron chi connectivity index (χ0n) is 12.5. The summed E-state index contributed by atoms with van der Waals surface area (Å²) in [7, 11) is 0. The first-order chi connectivity index (χ1) is 10.3. The highest BCUT2D eigenvalue weighted by molar-refractivity contribution is 6.22. The number of benzene rings is 2. The highest BCUT2D eigenvalue weighted by Gasteiger charge is 2.30. The summed E-state index contributed by atoms with van der Waals surface area (Å²) >= 11 is 0. The summed E-state index contributed by atoms with van der Waals surface area (Å²) in [5.74, 6) is 0. The van der Waals surface area contributed by atoms with Gasteiger partial charge in [-0.15, -0.1) is 0 Å². The minimum absolute atomic E-state index is 0.741. The smallest absolute Gasteiger partial charge is 0.232 e. The van der Waals surface area contributed by atoms with Crippen molar-refractivity contribution in [1.82, 2.24) is 0 Å². The van der Waals surface area contributed by atoms with Gasteiger partial charge in [0, 0.05) is 6.42 Å². The lowest BCUT2D eigenvalue weighted by molar-refractivity contribution is -0.403. The minimum atomic E-state index is 0.741. The second kappa shape index (κ2) is 5.57. The molecule has 0 spiro atoms. The van der Waals surface area contributed by atoms with Crippen molar-refractivity contribution in [3.05, 3.63) is 76.6 Å². The summed E-state index contributed by atoms with van der Waals surface area (Å²) in [5, 5.41) is 12.9. The summed E-state index contributed by atoms with van der Waals surface area (Å²) in [6.07, 6.45) is 3.63. The topological polar surface area (TPSA) is 26.1 Å². The van der Waals surface area contributed by atoms with Gasteiger partial charge >= 0.3 is 0 Å². The SMILES string of the molecule is CC/C=C(\CC)[N+]([O-])=C1c2ccccc2-c2ccccc21. The van der Waals surface area contributed by atoms with E-state index in [9.17, 15) is 5.21 Å². The van der Waals surface area contributed by atoms with Gasteiger partial charge in [0.15, 0.2) is 5.70 Å². The first-order valence-electron chi connectivity index (χ1n) is 7.50. The molecule has 0 atom stereocenters. The predicted octanol–water partition coefficient (Wildman–Crippen LogP) is 4.72. The molecule has 2 aromatic rings. The van der Waals surface area contributed by atoms with Crippen molar-refractivity contribution in [2.24, 2.45) is 0 Å². The Morgan fingerprint density at radius 2 is 1.38 bits per heavy atom. The summed E-state index contributed by atoms with van der Waals surface area (Å²) in [6, 6.07) is 16.3. The molecule has 0 heterocycles. The van der Waals surface area contributed by atoms with Crippen LogP contribution in [0.25, 0.3) is 11.1 Å². The van der Waals surface area contributed by atoms with E-state index in [1.165, 1.54) is 0 Å². The van der Waals surface area contributed by atoms with E-state index in [0.29, 0.717) is 0 Å². The number of hydroxylamine groups is 1. The van der Waals surface area contributed by atoms with E-state index in [1.54, 1.807) is 0 Å². The van der Waals surface area contributed by atoms with Crippen LogP contribution in [0.1, 0.15) is 37.8 Å². The van der Waals surface area contributed by atoms with Crippen molar-refractivity contribution in [2.75, 3.05) is 0 Å².